The summed E-state index contributed by atoms with van der Waals surface area (Å²) in [6.45, 7) is 1.96. The minimum absolute atomic E-state index is 0.292. The number of hydrogen-bond donors (Lipinski definition) is 0. The van der Waals surface area contributed by atoms with Crippen LogP contribution in [0.3, 0.4) is 0 Å². The van der Waals surface area contributed by atoms with Crippen molar-refractivity contribution < 1.29 is 4.39 Å². The minimum atomic E-state index is -0.292. The van der Waals surface area contributed by atoms with E-state index in [1.165, 1.54) is 12.1 Å². The molecule has 0 atom stereocenters. The number of nitrogens with zero attached hydrogens (tertiary/aromatic N) is 2. The van der Waals surface area contributed by atoms with Crippen LogP contribution in [-0.4, -0.2) is 9.97 Å². The SMILES string of the molecule is Cc1ccc(Br)c2c(Cl)nc(-c3ccc(F)cc3)nc12. The zero-order valence-corrected chi connectivity index (χ0v) is 12.8. The van der Waals surface area contributed by atoms with Crippen LogP contribution in [0.5, 0.6) is 0 Å². The largest absolute Gasteiger partial charge is 0.228 e. The van der Waals surface area contributed by atoms with Gasteiger partial charge in [-0.25, -0.2) is 14.4 Å². The van der Waals surface area contributed by atoms with E-state index in [0.717, 1.165) is 26.5 Å². The van der Waals surface area contributed by atoms with Gasteiger partial charge >= 0.3 is 0 Å². The summed E-state index contributed by atoms with van der Waals surface area (Å²) < 4.78 is 13.8. The van der Waals surface area contributed by atoms with Gasteiger partial charge in [0.15, 0.2) is 5.82 Å². The van der Waals surface area contributed by atoms with Crippen LogP contribution in [0.2, 0.25) is 5.15 Å². The Morgan fingerprint density at radius 3 is 2.45 bits per heavy atom. The first-order chi connectivity index (χ1) is 9.56. The maximum absolute atomic E-state index is 13.0. The van der Waals surface area contributed by atoms with Crippen LogP contribution >= 0.6 is 27.5 Å². The fourth-order valence-electron chi connectivity index (χ4n) is 2.02. The number of benzene rings is 2. The Kier molecular flexibility index (Phi) is 3.44. The molecule has 100 valence electrons. The third-order valence-electron chi connectivity index (χ3n) is 3.06. The monoisotopic (exact) mass is 350 g/mol. The van der Waals surface area contributed by atoms with Crippen LogP contribution < -0.4 is 0 Å². The number of rotatable bonds is 1. The molecule has 0 aliphatic rings. The Labute approximate surface area is 128 Å². The average Bonchev–Trinajstić information content (AvgIpc) is 2.43. The number of halogens is 3. The van der Waals surface area contributed by atoms with E-state index in [4.69, 9.17) is 11.6 Å². The molecule has 3 rings (SSSR count). The molecule has 0 aliphatic heterocycles. The van der Waals surface area contributed by atoms with Gasteiger partial charge in [0.25, 0.3) is 0 Å². The van der Waals surface area contributed by atoms with Crippen molar-refractivity contribution >= 4 is 38.4 Å². The van der Waals surface area contributed by atoms with Crippen molar-refractivity contribution in [2.24, 2.45) is 0 Å². The lowest BCUT2D eigenvalue weighted by atomic mass is 10.1. The summed E-state index contributed by atoms with van der Waals surface area (Å²) in [4.78, 5) is 8.85. The molecular formula is C15H9BrClFN2. The Hall–Kier alpha value is -1.52. The van der Waals surface area contributed by atoms with E-state index in [-0.39, 0.29) is 5.82 Å². The quantitative estimate of drug-likeness (QED) is 0.566. The highest BCUT2D eigenvalue weighted by Crippen LogP contribution is 2.32. The summed E-state index contributed by atoms with van der Waals surface area (Å²) in [6, 6.07) is 9.92. The van der Waals surface area contributed by atoms with Gasteiger partial charge in [-0.1, -0.05) is 17.7 Å². The molecule has 2 aromatic carbocycles. The smallest absolute Gasteiger partial charge is 0.161 e. The molecule has 0 saturated carbocycles. The van der Waals surface area contributed by atoms with Gasteiger partial charge < -0.3 is 0 Å². The van der Waals surface area contributed by atoms with E-state index in [0.29, 0.717) is 11.0 Å². The average molecular weight is 352 g/mol. The zero-order valence-electron chi connectivity index (χ0n) is 10.5. The molecule has 2 nitrogen and oxygen atoms in total. The van der Waals surface area contributed by atoms with E-state index in [1.54, 1.807) is 12.1 Å². The molecule has 1 heterocycles. The molecule has 0 aliphatic carbocycles. The van der Waals surface area contributed by atoms with Crippen LogP contribution in [0.4, 0.5) is 4.39 Å². The first kappa shape index (κ1) is 13.5. The van der Waals surface area contributed by atoms with Crippen LogP contribution in [0.1, 0.15) is 5.56 Å². The summed E-state index contributed by atoms with van der Waals surface area (Å²) in [6.07, 6.45) is 0. The molecule has 0 amide bonds. The number of hydrogen-bond acceptors (Lipinski definition) is 2. The summed E-state index contributed by atoms with van der Waals surface area (Å²) >= 11 is 9.72. The first-order valence-electron chi connectivity index (χ1n) is 5.94. The molecule has 0 bridgehead atoms. The van der Waals surface area contributed by atoms with E-state index in [9.17, 15) is 4.39 Å². The summed E-state index contributed by atoms with van der Waals surface area (Å²) in [5.74, 6) is 0.197. The van der Waals surface area contributed by atoms with Crippen molar-refractivity contribution in [3.05, 3.63) is 57.4 Å². The Bertz CT molecular complexity index is 803. The van der Waals surface area contributed by atoms with Crippen LogP contribution in [0, 0.1) is 12.7 Å². The molecular weight excluding hydrogens is 343 g/mol. The predicted octanol–water partition coefficient (Wildman–Crippen LogP) is 5.16. The topological polar surface area (TPSA) is 25.8 Å². The third-order valence-corrected chi connectivity index (χ3v) is 3.99. The second-order valence-electron chi connectivity index (χ2n) is 4.43. The molecule has 0 unspecified atom stereocenters. The minimum Gasteiger partial charge on any atom is -0.228 e. The van der Waals surface area contributed by atoms with Crippen molar-refractivity contribution in [2.45, 2.75) is 6.92 Å². The molecule has 20 heavy (non-hydrogen) atoms. The van der Waals surface area contributed by atoms with Crippen LogP contribution in [0.15, 0.2) is 40.9 Å². The Balaban J connectivity index is 2.29. The Morgan fingerprint density at radius 1 is 1.05 bits per heavy atom. The molecule has 0 fully saturated rings. The van der Waals surface area contributed by atoms with Crippen molar-refractivity contribution in [3.8, 4) is 11.4 Å². The van der Waals surface area contributed by atoms with Gasteiger partial charge in [0.05, 0.1) is 10.9 Å². The normalized spacial score (nSPS) is 11.0. The fourth-order valence-corrected chi connectivity index (χ4v) is 2.91. The van der Waals surface area contributed by atoms with E-state index < -0.39 is 0 Å². The van der Waals surface area contributed by atoms with E-state index in [2.05, 4.69) is 25.9 Å². The molecule has 1 aromatic heterocycles. The highest BCUT2D eigenvalue weighted by atomic mass is 79.9. The van der Waals surface area contributed by atoms with Gasteiger partial charge in [-0.3, -0.25) is 0 Å². The molecule has 0 spiro atoms. The number of aryl methyl sites for hydroxylation is 1. The Morgan fingerprint density at radius 2 is 1.75 bits per heavy atom. The van der Waals surface area contributed by atoms with Gasteiger partial charge in [-0.05, 0) is 58.7 Å². The lowest BCUT2D eigenvalue weighted by Crippen LogP contribution is -1.94. The van der Waals surface area contributed by atoms with Crippen molar-refractivity contribution in [2.75, 3.05) is 0 Å². The van der Waals surface area contributed by atoms with Crippen molar-refractivity contribution in [1.82, 2.24) is 9.97 Å². The second kappa shape index (κ2) is 5.11. The summed E-state index contributed by atoms with van der Waals surface area (Å²) in [5.41, 5.74) is 2.53. The van der Waals surface area contributed by atoms with Crippen molar-refractivity contribution in [1.29, 1.82) is 0 Å². The predicted molar refractivity (Wildman–Crippen MR) is 82.4 cm³/mol. The maximum Gasteiger partial charge on any atom is 0.161 e. The second-order valence-corrected chi connectivity index (χ2v) is 5.65. The van der Waals surface area contributed by atoms with E-state index in [1.807, 2.05) is 19.1 Å². The third kappa shape index (κ3) is 2.30. The summed E-state index contributed by atoms with van der Waals surface area (Å²) in [5, 5.41) is 1.17. The molecule has 0 N–H and O–H groups in total. The lowest BCUT2D eigenvalue weighted by Gasteiger charge is -2.08. The van der Waals surface area contributed by atoms with Gasteiger partial charge in [0.1, 0.15) is 11.0 Å². The maximum atomic E-state index is 13.0. The highest BCUT2D eigenvalue weighted by molar-refractivity contribution is 9.10. The lowest BCUT2D eigenvalue weighted by molar-refractivity contribution is 0.628. The van der Waals surface area contributed by atoms with Crippen molar-refractivity contribution in [3.63, 3.8) is 0 Å². The zero-order chi connectivity index (χ0) is 14.3. The van der Waals surface area contributed by atoms with Gasteiger partial charge in [0.2, 0.25) is 0 Å². The fraction of sp³-hybridized carbons (Fsp3) is 0.0667. The standard InChI is InChI=1S/C15H9BrClFN2/c1-8-2-7-11(16)12-13(8)19-15(20-14(12)17)9-3-5-10(18)6-4-9/h2-7H,1H3. The van der Waals surface area contributed by atoms with Gasteiger partial charge in [-0.15, -0.1) is 0 Å². The number of fused-ring (bicyclic) bond motifs is 1. The summed E-state index contributed by atoms with van der Waals surface area (Å²) in [7, 11) is 0. The molecule has 0 saturated heterocycles. The van der Waals surface area contributed by atoms with E-state index >= 15 is 0 Å². The number of aromatic nitrogens is 2. The van der Waals surface area contributed by atoms with Crippen LogP contribution in [-0.2, 0) is 0 Å². The molecule has 0 radical (unpaired) electrons. The van der Waals surface area contributed by atoms with Crippen LogP contribution in [0.25, 0.3) is 22.3 Å². The molecule has 3 aromatic rings. The highest BCUT2D eigenvalue weighted by Gasteiger charge is 2.12. The van der Waals surface area contributed by atoms with Gasteiger partial charge in [-0.2, -0.15) is 0 Å². The molecule has 5 heteroatoms. The van der Waals surface area contributed by atoms with Gasteiger partial charge in [0, 0.05) is 10.0 Å². The first-order valence-corrected chi connectivity index (χ1v) is 7.11.